The van der Waals surface area contributed by atoms with Crippen molar-refractivity contribution in [3.8, 4) is 0 Å². The number of anilines is 1. The van der Waals surface area contributed by atoms with E-state index < -0.39 is 17.1 Å². The minimum Gasteiger partial charge on any atom is -0.616 e. The summed E-state index contributed by atoms with van der Waals surface area (Å²) in [5.41, 5.74) is 7.10. The fraction of sp³-hybridized carbons (Fsp3) is 0.273. The summed E-state index contributed by atoms with van der Waals surface area (Å²) in [5.74, 6) is 0.224. The van der Waals surface area contributed by atoms with Crippen LogP contribution in [0.5, 0.6) is 0 Å². The van der Waals surface area contributed by atoms with Gasteiger partial charge in [-0.15, -0.1) is 0 Å². The number of nitrogens with two attached hydrogens (primary N) is 1. The Bertz CT molecular complexity index is 642. The molecule has 0 spiro atoms. The summed E-state index contributed by atoms with van der Waals surface area (Å²) in [7, 11) is 1.26. The zero-order valence-corrected chi connectivity index (χ0v) is 11.9. The maximum Gasteiger partial charge on any atom is 0.340 e. The second-order valence-electron chi connectivity index (χ2n) is 3.94. The van der Waals surface area contributed by atoms with E-state index in [9.17, 15) is 9.35 Å². The Morgan fingerprint density at radius 2 is 2.37 bits per heavy atom. The highest BCUT2D eigenvalue weighted by molar-refractivity contribution is 7.89. The number of H-pyrrole nitrogens is 1. The van der Waals surface area contributed by atoms with Crippen LogP contribution >= 0.6 is 11.6 Å². The van der Waals surface area contributed by atoms with Gasteiger partial charge in [-0.25, -0.2) is 9.78 Å². The molecule has 1 atom stereocenters. The Labute approximate surface area is 117 Å². The normalized spacial score (nSPS) is 12.6. The lowest BCUT2D eigenvalue weighted by atomic mass is 10.1. The third-order valence-corrected chi connectivity index (χ3v) is 3.63. The minimum absolute atomic E-state index is 0.133. The number of hydrogen-bond acceptors (Lipinski definition) is 5. The summed E-state index contributed by atoms with van der Waals surface area (Å²) in [6, 6.07) is 1.50. The number of carbonyl (C=O) groups excluding carboxylic acids is 1. The Hall–Kier alpha value is -1.44. The lowest BCUT2D eigenvalue weighted by Crippen LogP contribution is -2.06. The first-order valence-electron chi connectivity index (χ1n) is 5.29. The number of fused-ring (bicyclic) bond motifs is 1. The molecular weight excluding hydrogens is 290 g/mol. The zero-order valence-electron chi connectivity index (χ0n) is 10.3. The predicted octanol–water partition coefficient (Wildman–Crippen LogP) is 1.46. The number of aromatic nitrogens is 2. The lowest BCUT2D eigenvalue weighted by molar-refractivity contribution is 0.0602. The van der Waals surface area contributed by atoms with Gasteiger partial charge in [0.2, 0.25) is 0 Å². The van der Waals surface area contributed by atoms with Crippen LogP contribution in [0.25, 0.3) is 11.0 Å². The molecule has 3 N–H and O–H groups in total. The maximum atomic E-state index is 11.6. The molecule has 0 saturated carbocycles. The second kappa shape index (κ2) is 5.28. The average Bonchev–Trinajstić information content (AvgIpc) is 2.74. The number of aromatic amines is 1. The molecule has 0 fully saturated rings. The van der Waals surface area contributed by atoms with Crippen LogP contribution in [0.1, 0.15) is 16.2 Å². The fourth-order valence-electron chi connectivity index (χ4n) is 1.72. The first-order valence-corrected chi connectivity index (χ1v) is 7.39. The zero-order chi connectivity index (χ0) is 14.2. The lowest BCUT2D eigenvalue weighted by Gasteiger charge is -2.05. The smallest absolute Gasteiger partial charge is 0.340 e. The van der Waals surface area contributed by atoms with Crippen LogP contribution in [0, 0.1) is 0 Å². The quantitative estimate of drug-likeness (QED) is 0.507. The van der Waals surface area contributed by atoms with Crippen molar-refractivity contribution in [1.82, 2.24) is 9.97 Å². The molecular formula is C11H12ClN3O3S. The van der Waals surface area contributed by atoms with E-state index in [4.69, 9.17) is 17.3 Å². The molecule has 6 nitrogen and oxygen atoms in total. The van der Waals surface area contributed by atoms with Gasteiger partial charge >= 0.3 is 5.97 Å². The third-order valence-electron chi connectivity index (χ3n) is 2.55. The van der Waals surface area contributed by atoms with Gasteiger partial charge in [0.15, 0.2) is 11.6 Å². The van der Waals surface area contributed by atoms with Crippen LogP contribution in [-0.4, -0.2) is 33.9 Å². The van der Waals surface area contributed by atoms with Crippen molar-refractivity contribution in [3.05, 3.63) is 22.5 Å². The molecule has 0 amide bonds. The Morgan fingerprint density at radius 1 is 1.68 bits per heavy atom. The van der Waals surface area contributed by atoms with Gasteiger partial charge in [0, 0.05) is 0 Å². The van der Waals surface area contributed by atoms with E-state index in [2.05, 4.69) is 14.7 Å². The van der Waals surface area contributed by atoms with Gasteiger partial charge in [0.05, 0.1) is 40.7 Å². The van der Waals surface area contributed by atoms with E-state index in [-0.39, 0.29) is 22.0 Å². The largest absolute Gasteiger partial charge is 0.616 e. The molecule has 19 heavy (non-hydrogen) atoms. The average molecular weight is 302 g/mol. The van der Waals surface area contributed by atoms with Crippen molar-refractivity contribution in [3.63, 3.8) is 0 Å². The van der Waals surface area contributed by atoms with Crippen molar-refractivity contribution in [2.75, 3.05) is 19.1 Å². The van der Waals surface area contributed by atoms with E-state index in [1.54, 1.807) is 6.26 Å². The van der Waals surface area contributed by atoms with Crippen LogP contribution in [0.4, 0.5) is 5.69 Å². The number of esters is 1. The molecule has 0 aliphatic carbocycles. The summed E-state index contributed by atoms with van der Waals surface area (Å²) in [5, 5.41) is 0.207. The highest BCUT2D eigenvalue weighted by Gasteiger charge is 2.19. The molecule has 0 aliphatic rings. The van der Waals surface area contributed by atoms with E-state index in [1.165, 1.54) is 13.2 Å². The number of nitrogens with one attached hydrogen (secondary N) is 1. The molecule has 0 saturated heterocycles. The van der Waals surface area contributed by atoms with Crippen LogP contribution in [0.2, 0.25) is 5.02 Å². The summed E-state index contributed by atoms with van der Waals surface area (Å²) in [6.07, 6.45) is 1.57. The number of carbonyl (C=O) groups is 1. The predicted molar refractivity (Wildman–Crippen MR) is 74.6 cm³/mol. The van der Waals surface area contributed by atoms with Gasteiger partial charge in [-0.3, -0.25) is 0 Å². The van der Waals surface area contributed by atoms with E-state index in [0.29, 0.717) is 16.9 Å². The summed E-state index contributed by atoms with van der Waals surface area (Å²) < 4.78 is 15.8. The Kier molecular flexibility index (Phi) is 3.88. The topological polar surface area (TPSA) is 104 Å². The molecule has 0 bridgehead atoms. The minimum atomic E-state index is -1.03. The number of hydrogen-bond donors (Lipinski definition) is 2. The molecule has 0 radical (unpaired) electrons. The maximum absolute atomic E-state index is 11.6. The van der Waals surface area contributed by atoms with Crippen LogP contribution in [0.15, 0.2) is 6.07 Å². The second-order valence-corrected chi connectivity index (χ2v) is 5.75. The Morgan fingerprint density at radius 3 is 2.95 bits per heavy atom. The SMILES string of the molecule is COC(=O)c1cc2nc(C[S+](C)[O-])[nH]c2c(Cl)c1N. The molecule has 102 valence electrons. The third kappa shape index (κ3) is 2.63. The number of methoxy groups -OCH3 is 1. The van der Waals surface area contributed by atoms with Crippen molar-refractivity contribution in [2.24, 2.45) is 0 Å². The summed E-state index contributed by atoms with van der Waals surface area (Å²) >= 11 is 5.07. The van der Waals surface area contributed by atoms with Crippen molar-refractivity contribution >= 4 is 45.5 Å². The monoisotopic (exact) mass is 301 g/mol. The van der Waals surface area contributed by atoms with Crippen molar-refractivity contribution < 1.29 is 14.1 Å². The highest BCUT2D eigenvalue weighted by Crippen LogP contribution is 2.31. The van der Waals surface area contributed by atoms with Crippen LogP contribution in [0.3, 0.4) is 0 Å². The fourth-order valence-corrected chi connectivity index (χ4v) is 2.48. The first kappa shape index (κ1) is 14.0. The standard InChI is InChI=1S/C11H12ClN3O3S/c1-18-11(16)5-3-6-10(8(12)9(5)13)15-7(14-6)4-19(2)17/h3H,4,13H2,1-2H3,(H,14,15). The van der Waals surface area contributed by atoms with Gasteiger partial charge in [-0.2, -0.15) is 0 Å². The number of nitrogens with zero attached hydrogens (tertiary/aromatic N) is 1. The van der Waals surface area contributed by atoms with E-state index >= 15 is 0 Å². The Balaban J connectivity index is 2.59. The number of rotatable bonds is 3. The van der Waals surface area contributed by atoms with Gasteiger partial charge in [0.25, 0.3) is 0 Å². The molecule has 1 heterocycles. The number of nitrogen functional groups attached to an aromatic ring is 1. The molecule has 1 aromatic carbocycles. The summed E-state index contributed by atoms with van der Waals surface area (Å²) in [4.78, 5) is 18.8. The summed E-state index contributed by atoms with van der Waals surface area (Å²) in [6.45, 7) is 0. The van der Waals surface area contributed by atoms with E-state index in [0.717, 1.165) is 0 Å². The van der Waals surface area contributed by atoms with Crippen LogP contribution < -0.4 is 5.73 Å². The molecule has 1 aromatic heterocycles. The molecule has 2 rings (SSSR count). The number of imidazole rings is 1. The number of benzene rings is 1. The van der Waals surface area contributed by atoms with Gasteiger partial charge in [0.1, 0.15) is 0 Å². The number of ether oxygens (including phenoxy) is 1. The van der Waals surface area contributed by atoms with Gasteiger partial charge in [-0.05, 0) is 17.2 Å². The van der Waals surface area contributed by atoms with Gasteiger partial charge in [-0.1, -0.05) is 11.6 Å². The van der Waals surface area contributed by atoms with Crippen molar-refractivity contribution in [2.45, 2.75) is 5.75 Å². The van der Waals surface area contributed by atoms with Crippen molar-refractivity contribution in [1.29, 1.82) is 0 Å². The van der Waals surface area contributed by atoms with Gasteiger partial charge < -0.3 is 20.0 Å². The highest BCUT2D eigenvalue weighted by atomic mass is 35.5. The molecule has 2 aromatic rings. The molecule has 1 unspecified atom stereocenters. The van der Waals surface area contributed by atoms with E-state index in [1.807, 2.05) is 0 Å². The molecule has 8 heteroatoms. The first-order chi connectivity index (χ1) is 8.93. The van der Waals surface area contributed by atoms with Crippen LogP contribution in [-0.2, 0) is 21.7 Å². The number of halogens is 1. The molecule has 0 aliphatic heterocycles.